The molecule has 2 aromatic carbocycles. The van der Waals surface area contributed by atoms with E-state index in [1.165, 1.54) is 43.2 Å². The lowest BCUT2D eigenvalue weighted by molar-refractivity contribution is -0.129. The van der Waals surface area contributed by atoms with Crippen molar-refractivity contribution in [2.75, 3.05) is 32.7 Å². The van der Waals surface area contributed by atoms with Gasteiger partial charge >= 0.3 is 0 Å². The van der Waals surface area contributed by atoms with Crippen LogP contribution in [0.25, 0.3) is 10.9 Å². The smallest absolute Gasteiger partial charge is 0.243 e. The number of fused-ring (bicyclic) bond motifs is 1. The fourth-order valence-corrected chi connectivity index (χ4v) is 6.13. The molecule has 1 aliphatic carbocycles. The van der Waals surface area contributed by atoms with Gasteiger partial charge in [-0.2, -0.15) is 0 Å². The molecular weight excluding hydrogens is 486 g/mol. The molecule has 5 rings (SSSR count). The molecule has 3 N–H and O–H groups in total. The van der Waals surface area contributed by atoms with Gasteiger partial charge in [0.2, 0.25) is 11.8 Å². The molecule has 1 aromatic heterocycles. The molecule has 0 radical (unpaired) electrons. The summed E-state index contributed by atoms with van der Waals surface area (Å²) in [5, 5.41) is 7.23. The first-order valence-corrected chi connectivity index (χ1v) is 14.6. The Hall–Kier alpha value is -3.16. The molecule has 0 spiro atoms. The molecule has 2 amide bonds. The number of aromatic amines is 1. The highest BCUT2D eigenvalue weighted by Gasteiger charge is 2.27. The molecule has 7 heteroatoms. The van der Waals surface area contributed by atoms with E-state index in [2.05, 4.69) is 57.5 Å². The summed E-state index contributed by atoms with van der Waals surface area (Å²) in [5.74, 6) is -0.249. The highest BCUT2D eigenvalue weighted by atomic mass is 16.2. The van der Waals surface area contributed by atoms with Crippen LogP contribution in [0.3, 0.4) is 0 Å². The van der Waals surface area contributed by atoms with Crippen molar-refractivity contribution in [3.8, 4) is 0 Å². The number of nitrogens with zero attached hydrogens (tertiary/aromatic N) is 2. The second-order valence-corrected chi connectivity index (χ2v) is 11.4. The van der Waals surface area contributed by atoms with Crippen molar-refractivity contribution in [1.82, 2.24) is 25.4 Å². The first-order valence-electron chi connectivity index (χ1n) is 14.6. The molecule has 0 bridgehead atoms. The molecule has 1 atom stereocenters. The summed E-state index contributed by atoms with van der Waals surface area (Å²) in [7, 11) is 0. The second kappa shape index (κ2) is 12.8. The van der Waals surface area contributed by atoms with E-state index in [1.807, 2.05) is 30.5 Å². The molecule has 2 fully saturated rings. The van der Waals surface area contributed by atoms with Crippen LogP contribution >= 0.6 is 0 Å². The average Bonchev–Trinajstić information content (AvgIpc) is 3.37. The van der Waals surface area contributed by atoms with Gasteiger partial charge in [0.1, 0.15) is 6.04 Å². The molecule has 2 aliphatic rings. The van der Waals surface area contributed by atoms with Gasteiger partial charge in [0.15, 0.2) is 0 Å². The molecule has 1 saturated carbocycles. The normalized spacial score (nSPS) is 18.2. The van der Waals surface area contributed by atoms with E-state index in [0.29, 0.717) is 19.5 Å². The van der Waals surface area contributed by atoms with Crippen molar-refractivity contribution in [2.45, 2.75) is 71.0 Å². The van der Waals surface area contributed by atoms with Crippen molar-refractivity contribution >= 4 is 22.7 Å². The Kier molecular flexibility index (Phi) is 8.99. The number of hydrogen-bond acceptors (Lipinski definition) is 4. The fraction of sp³-hybridized carbons (Fsp3) is 0.500. The fourth-order valence-electron chi connectivity index (χ4n) is 6.13. The lowest BCUT2D eigenvalue weighted by Crippen LogP contribution is -2.54. The molecular formula is C32H43N5O2. The van der Waals surface area contributed by atoms with Gasteiger partial charge in [-0.25, -0.2) is 0 Å². The van der Waals surface area contributed by atoms with Gasteiger partial charge in [-0.3, -0.25) is 19.4 Å². The number of nitrogens with one attached hydrogen (secondary N) is 3. The Balaban J connectivity index is 1.21. The van der Waals surface area contributed by atoms with Gasteiger partial charge in [-0.05, 0) is 55.0 Å². The van der Waals surface area contributed by atoms with Crippen LogP contribution in [-0.2, 0) is 22.6 Å². The molecule has 3 aromatic rings. The lowest BCUT2D eigenvalue weighted by Gasteiger charge is -2.40. The monoisotopic (exact) mass is 529 g/mol. The van der Waals surface area contributed by atoms with E-state index in [-0.39, 0.29) is 11.8 Å². The first kappa shape index (κ1) is 27.4. The summed E-state index contributed by atoms with van der Waals surface area (Å²) in [6.07, 6.45) is 9.07. The molecule has 7 nitrogen and oxygen atoms in total. The van der Waals surface area contributed by atoms with Gasteiger partial charge < -0.3 is 15.6 Å². The van der Waals surface area contributed by atoms with Crippen molar-refractivity contribution in [3.05, 3.63) is 70.9 Å². The minimum Gasteiger partial charge on any atom is -0.361 e. The quantitative estimate of drug-likeness (QED) is 0.390. The number of hydrogen-bond donors (Lipinski definition) is 3. The number of para-hydroxylation sites is 1. The van der Waals surface area contributed by atoms with Crippen molar-refractivity contribution in [2.24, 2.45) is 0 Å². The predicted octanol–water partition coefficient (Wildman–Crippen LogP) is 4.08. The number of aromatic nitrogens is 1. The number of amides is 2. The summed E-state index contributed by atoms with van der Waals surface area (Å²) in [6.45, 7) is 8.76. The molecule has 1 saturated heterocycles. The summed E-state index contributed by atoms with van der Waals surface area (Å²) in [4.78, 5) is 34.8. The summed E-state index contributed by atoms with van der Waals surface area (Å²) < 4.78 is 0. The highest BCUT2D eigenvalue weighted by molar-refractivity contribution is 5.90. The van der Waals surface area contributed by atoms with Gasteiger partial charge in [0.05, 0.1) is 6.54 Å². The van der Waals surface area contributed by atoms with Crippen LogP contribution in [0.2, 0.25) is 0 Å². The predicted molar refractivity (Wildman–Crippen MR) is 157 cm³/mol. The lowest BCUT2D eigenvalue weighted by atomic mass is 9.94. The molecule has 2 heterocycles. The Morgan fingerprint density at radius 2 is 1.74 bits per heavy atom. The van der Waals surface area contributed by atoms with Crippen molar-refractivity contribution in [1.29, 1.82) is 0 Å². The third-order valence-electron chi connectivity index (χ3n) is 8.65. The topological polar surface area (TPSA) is 80.5 Å². The number of benzene rings is 2. The number of rotatable bonds is 9. The maximum Gasteiger partial charge on any atom is 0.243 e. The summed E-state index contributed by atoms with van der Waals surface area (Å²) in [6, 6.07) is 14.4. The van der Waals surface area contributed by atoms with Crippen LogP contribution in [0.4, 0.5) is 0 Å². The second-order valence-electron chi connectivity index (χ2n) is 11.4. The van der Waals surface area contributed by atoms with Crippen LogP contribution in [-0.4, -0.2) is 71.4 Å². The van der Waals surface area contributed by atoms with Gasteiger partial charge in [-0.15, -0.1) is 0 Å². The van der Waals surface area contributed by atoms with E-state index >= 15 is 0 Å². The summed E-state index contributed by atoms with van der Waals surface area (Å²) >= 11 is 0. The van der Waals surface area contributed by atoms with E-state index in [4.69, 9.17) is 0 Å². The zero-order chi connectivity index (χ0) is 27.2. The van der Waals surface area contributed by atoms with Crippen LogP contribution in [0.1, 0.15) is 54.4 Å². The Bertz CT molecular complexity index is 1270. The largest absolute Gasteiger partial charge is 0.361 e. The molecule has 1 aliphatic heterocycles. The Morgan fingerprint density at radius 3 is 2.51 bits per heavy atom. The maximum absolute atomic E-state index is 13.4. The van der Waals surface area contributed by atoms with Crippen LogP contribution < -0.4 is 10.6 Å². The zero-order valence-electron chi connectivity index (χ0n) is 23.5. The van der Waals surface area contributed by atoms with Gasteiger partial charge in [0.25, 0.3) is 0 Å². The Morgan fingerprint density at radius 1 is 0.974 bits per heavy atom. The minimum atomic E-state index is -0.647. The number of carbonyl (C=O) groups is 2. The average molecular weight is 530 g/mol. The standard InChI is InChI=1S/C32H43N5O2/c1-23-12-13-25(18-24(23)2)20-34-32(39)30(19-26-21-33-29-11-7-6-10-28(26)29)35-31(38)22-36-14-16-37(17-15-36)27-8-4-3-5-9-27/h6-7,10-13,18,21,27,30,33H,3-5,8-9,14-17,19-20,22H2,1-2H3,(H,34,39)(H,35,38). The van der Waals surface area contributed by atoms with E-state index in [9.17, 15) is 9.59 Å². The molecule has 1 unspecified atom stereocenters. The number of piperazine rings is 1. The zero-order valence-corrected chi connectivity index (χ0v) is 23.5. The number of H-pyrrole nitrogens is 1. The Labute approximate surface area is 232 Å². The summed E-state index contributed by atoms with van der Waals surface area (Å²) in [5.41, 5.74) is 5.55. The van der Waals surface area contributed by atoms with Crippen molar-refractivity contribution < 1.29 is 9.59 Å². The number of carbonyl (C=O) groups excluding carboxylic acids is 2. The highest BCUT2D eigenvalue weighted by Crippen LogP contribution is 2.23. The SMILES string of the molecule is Cc1ccc(CNC(=O)C(Cc2c[nH]c3ccccc23)NC(=O)CN2CCN(C3CCCCC3)CC2)cc1C. The molecule has 208 valence electrons. The van der Waals surface area contributed by atoms with E-state index < -0.39 is 6.04 Å². The van der Waals surface area contributed by atoms with E-state index in [1.54, 1.807) is 0 Å². The minimum absolute atomic E-state index is 0.0905. The maximum atomic E-state index is 13.4. The number of aryl methyl sites for hydroxylation is 2. The molecule has 39 heavy (non-hydrogen) atoms. The van der Waals surface area contributed by atoms with Crippen LogP contribution in [0, 0.1) is 13.8 Å². The van der Waals surface area contributed by atoms with Gasteiger partial charge in [-0.1, -0.05) is 55.7 Å². The third-order valence-corrected chi connectivity index (χ3v) is 8.65. The van der Waals surface area contributed by atoms with Gasteiger partial charge in [0, 0.05) is 62.3 Å². The van der Waals surface area contributed by atoms with Crippen LogP contribution in [0.5, 0.6) is 0 Å². The van der Waals surface area contributed by atoms with Crippen molar-refractivity contribution in [3.63, 3.8) is 0 Å². The first-order chi connectivity index (χ1) is 19.0. The third kappa shape index (κ3) is 7.08. The van der Waals surface area contributed by atoms with E-state index in [0.717, 1.165) is 54.3 Å². The van der Waals surface area contributed by atoms with Crippen LogP contribution in [0.15, 0.2) is 48.7 Å².